The third kappa shape index (κ3) is 10.4. The minimum atomic E-state index is 0.933. The zero-order chi connectivity index (χ0) is 14.5. The molecule has 116 valence electrons. The van der Waals surface area contributed by atoms with Crippen LogP contribution >= 0.6 is 0 Å². The van der Waals surface area contributed by atoms with Gasteiger partial charge in [0.05, 0.1) is 0 Å². The maximum absolute atomic E-state index is 2.47. The fourth-order valence-electron chi connectivity index (χ4n) is 2.99. The summed E-state index contributed by atoms with van der Waals surface area (Å²) in [7, 11) is 0. The quantitative estimate of drug-likeness (QED) is 0.309. The summed E-state index contributed by atoms with van der Waals surface area (Å²) in [5, 5.41) is 0. The van der Waals surface area contributed by atoms with Gasteiger partial charge in [0.25, 0.3) is 0 Å². The van der Waals surface area contributed by atoms with Gasteiger partial charge in [0.2, 0.25) is 0 Å². The van der Waals surface area contributed by atoms with Gasteiger partial charge in [-0.1, -0.05) is 105 Å². The molecule has 3 unspecified atom stereocenters. The largest absolute Gasteiger partial charge is 0.0654 e. The molecule has 0 rings (SSSR count). The molecule has 0 aliphatic carbocycles. The average Bonchev–Trinajstić information content (AvgIpc) is 2.43. The van der Waals surface area contributed by atoms with E-state index in [1.54, 1.807) is 0 Å². The number of hydrogen-bond acceptors (Lipinski definition) is 0. The Bertz CT molecular complexity index is 173. The molecule has 0 fully saturated rings. The molecule has 0 bridgehead atoms. The lowest BCUT2D eigenvalue weighted by molar-refractivity contribution is 0.282. The van der Waals surface area contributed by atoms with Crippen molar-refractivity contribution in [2.75, 3.05) is 0 Å². The molecule has 0 aromatic rings. The highest BCUT2D eigenvalue weighted by atomic mass is 14.2. The second-order valence-corrected chi connectivity index (χ2v) is 6.79. The summed E-state index contributed by atoms with van der Waals surface area (Å²) in [5.41, 5.74) is 0. The summed E-state index contributed by atoms with van der Waals surface area (Å²) in [6.07, 6.45) is 15.8. The monoisotopic (exact) mass is 268 g/mol. The number of unbranched alkanes of at least 4 members (excludes halogenated alkanes) is 4. The molecule has 0 aromatic heterocycles. The summed E-state index contributed by atoms with van der Waals surface area (Å²) in [5.74, 6) is 2.86. The van der Waals surface area contributed by atoms with E-state index >= 15 is 0 Å². The lowest BCUT2D eigenvalue weighted by Crippen LogP contribution is -2.11. The molecule has 0 aromatic carbocycles. The average molecular weight is 269 g/mol. The fraction of sp³-hybridized carbons (Fsp3) is 1.00. The van der Waals surface area contributed by atoms with Crippen LogP contribution < -0.4 is 0 Å². The van der Waals surface area contributed by atoms with E-state index in [1.165, 1.54) is 70.6 Å². The van der Waals surface area contributed by atoms with E-state index in [9.17, 15) is 0 Å². The highest BCUT2D eigenvalue weighted by molar-refractivity contribution is 4.67. The van der Waals surface area contributed by atoms with Gasteiger partial charge in [-0.2, -0.15) is 0 Å². The van der Waals surface area contributed by atoms with Gasteiger partial charge in [-0.3, -0.25) is 0 Å². The van der Waals surface area contributed by atoms with Crippen LogP contribution in [-0.2, 0) is 0 Å². The third-order valence-corrected chi connectivity index (χ3v) is 5.10. The maximum Gasteiger partial charge on any atom is -0.0389 e. The van der Waals surface area contributed by atoms with E-state index in [0.29, 0.717) is 0 Å². The van der Waals surface area contributed by atoms with Crippen molar-refractivity contribution >= 4 is 0 Å². The molecule has 0 radical (unpaired) electrons. The minimum absolute atomic E-state index is 0.933. The van der Waals surface area contributed by atoms with Crippen LogP contribution in [0.3, 0.4) is 0 Å². The first-order chi connectivity index (χ1) is 9.15. The molecular formula is C19H40. The van der Waals surface area contributed by atoms with Crippen LogP contribution in [0.15, 0.2) is 0 Å². The predicted octanol–water partition coefficient (Wildman–Crippen LogP) is 7.23. The molecule has 19 heavy (non-hydrogen) atoms. The lowest BCUT2D eigenvalue weighted by Gasteiger charge is -2.23. The summed E-state index contributed by atoms with van der Waals surface area (Å²) in [6, 6.07) is 0. The summed E-state index contributed by atoms with van der Waals surface area (Å²) in [4.78, 5) is 0. The number of rotatable bonds is 13. The third-order valence-electron chi connectivity index (χ3n) is 5.10. The van der Waals surface area contributed by atoms with Crippen LogP contribution in [0.5, 0.6) is 0 Å². The molecule has 0 aliphatic heterocycles. The van der Waals surface area contributed by atoms with Crippen molar-refractivity contribution in [3.05, 3.63) is 0 Å². The van der Waals surface area contributed by atoms with Crippen molar-refractivity contribution in [1.29, 1.82) is 0 Å². The van der Waals surface area contributed by atoms with Crippen molar-refractivity contribution in [2.24, 2.45) is 17.8 Å². The standard InChI is InChI=1S/C19H40/c1-6-9-10-11-12-15-19(18(5)8-3)16-13-14-17(4)7-2/h17-19H,6-16H2,1-5H3. The molecule has 0 spiro atoms. The Morgan fingerprint density at radius 3 is 1.84 bits per heavy atom. The van der Waals surface area contributed by atoms with Crippen molar-refractivity contribution in [3.8, 4) is 0 Å². The molecule has 0 saturated carbocycles. The van der Waals surface area contributed by atoms with E-state index in [-0.39, 0.29) is 0 Å². The molecule has 0 nitrogen and oxygen atoms in total. The van der Waals surface area contributed by atoms with Gasteiger partial charge in [0, 0.05) is 0 Å². The van der Waals surface area contributed by atoms with Crippen LogP contribution in [0, 0.1) is 17.8 Å². The smallest absolute Gasteiger partial charge is 0.0389 e. The first kappa shape index (κ1) is 19.0. The zero-order valence-corrected chi connectivity index (χ0v) is 14.5. The first-order valence-corrected chi connectivity index (χ1v) is 9.15. The second kappa shape index (κ2) is 13.0. The van der Waals surface area contributed by atoms with Gasteiger partial charge in [-0.15, -0.1) is 0 Å². The molecule has 3 atom stereocenters. The van der Waals surface area contributed by atoms with Gasteiger partial charge < -0.3 is 0 Å². The van der Waals surface area contributed by atoms with Crippen molar-refractivity contribution in [1.82, 2.24) is 0 Å². The van der Waals surface area contributed by atoms with E-state index in [0.717, 1.165) is 17.8 Å². The van der Waals surface area contributed by atoms with Crippen molar-refractivity contribution in [2.45, 2.75) is 105 Å². The van der Waals surface area contributed by atoms with Gasteiger partial charge >= 0.3 is 0 Å². The SMILES string of the molecule is CCCCCCCC(CCCC(C)CC)C(C)CC. The lowest BCUT2D eigenvalue weighted by atomic mass is 9.82. The van der Waals surface area contributed by atoms with Crippen LogP contribution in [-0.4, -0.2) is 0 Å². The van der Waals surface area contributed by atoms with Crippen molar-refractivity contribution < 1.29 is 0 Å². The summed E-state index contributed by atoms with van der Waals surface area (Å²) < 4.78 is 0. The molecule has 0 heterocycles. The van der Waals surface area contributed by atoms with Gasteiger partial charge in [0.1, 0.15) is 0 Å². The van der Waals surface area contributed by atoms with Crippen molar-refractivity contribution in [3.63, 3.8) is 0 Å². The van der Waals surface area contributed by atoms with Crippen LogP contribution in [0.2, 0.25) is 0 Å². The summed E-state index contributed by atoms with van der Waals surface area (Å²) >= 11 is 0. The normalized spacial score (nSPS) is 16.3. The second-order valence-electron chi connectivity index (χ2n) is 6.79. The Balaban J connectivity index is 3.82. The Morgan fingerprint density at radius 2 is 1.26 bits per heavy atom. The van der Waals surface area contributed by atoms with Crippen LogP contribution in [0.1, 0.15) is 105 Å². The highest BCUT2D eigenvalue weighted by Crippen LogP contribution is 2.28. The Morgan fingerprint density at radius 1 is 0.632 bits per heavy atom. The minimum Gasteiger partial charge on any atom is -0.0654 e. The molecule has 0 heteroatoms. The fourth-order valence-corrected chi connectivity index (χ4v) is 2.99. The topological polar surface area (TPSA) is 0 Å². The first-order valence-electron chi connectivity index (χ1n) is 9.15. The Hall–Kier alpha value is 0. The van der Waals surface area contributed by atoms with E-state index in [1.807, 2.05) is 0 Å². The zero-order valence-electron chi connectivity index (χ0n) is 14.5. The molecule has 0 saturated heterocycles. The van der Waals surface area contributed by atoms with E-state index in [4.69, 9.17) is 0 Å². The van der Waals surface area contributed by atoms with Gasteiger partial charge in [0.15, 0.2) is 0 Å². The molecule has 0 N–H and O–H groups in total. The Kier molecular flexibility index (Phi) is 13.0. The van der Waals surface area contributed by atoms with Crippen LogP contribution in [0.25, 0.3) is 0 Å². The van der Waals surface area contributed by atoms with Gasteiger partial charge in [-0.25, -0.2) is 0 Å². The predicted molar refractivity (Wildman–Crippen MR) is 89.6 cm³/mol. The Labute approximate surface area is 123 Å². The van der Waals surface area contributed by atoms with E-state index < -0.39 is 0 Å². The highest BCUT2D eigenvalue weighted by Gasteiger charge is 2.15. The van der Waals surface area contributed by atoms with Crippen LogP contribution in [0.4, 0.5) is 0 Å². The molecule has 0 aliphatic rings. The maximum atomic E-state index is 2.47. The molecular weight excluding hydrogens is 228 g/mol. The van der Waals surface area contributed by atoms with E-state index in [2.05, 4.69) is 34.6 Å². The number of hydrogen-bond donors (Lipinski definition) is 0. The van der Waals surface area contributed by atoms with Gasteiger partial charge in [-0.05, 0) is 17.8 Å². The summed E-state index contributed by atoms with van der Waals surface area (Å²) in [6.45, 7) is 11.9. The molecule has 0 amide bonds.